The van der Waals surface area contributed by atoms with Gasteiger partial charge in [0.1, 0.15) is 11.6 Å². The molecular formula is C14H24IN5. The molecule has 0 saturated carbocycles. The van der Waals surface area contributed by atoms with Gasteiger partial charge in [0.15, 0.2) is 0 Å². The molecular weight excluding hydrogens is 365 g/mol. The number of rotatable bonds is 4. The molecule has 0 spiro atoms. The molecule has 6 heteroatoms. The van der Waals surface area contributed by atoms with E-state index in [1.165, 1.54) is 0 Å². The van der Waals surface area contributed by atoms with Crippen LogP contribution in [0.5, 0.6) is 0 Å². The quantitative estimate of drug-likeness (QED) is 0.793. The molecule has 1 aromatic rings. The van der Waals surface area contributed by atoms with Gasteiger partial charge in [0, 0.05) is 38.6 Å². The zero-order chi connectivity index (χ0) is 14.7. The molecule has 1 fully saturated rings. The summed E-state index contributed by atoms with van der Waals surface area (Å²) in [6, 6.07) is 0.502. The van der Waals surface area contributed by atoms with Gasteiger partial charge in [-0.25, -0.2) is 9.97 Å². The van der Waals surface area contributed by atoms with Gasteiger partial charge in [-0.3, -0.25) is 0 Å². The van der Waals surface area contributed by atoms with E-state index >= 15 is 0 Å². The van der Waals surface area contributed by atoms with E-state index in [0.717, 1.165) is 53.5 Å². The summed E-state index contributed by atoms with van der Waals surface area (Å²) in [5, 5.41) is 3.33. The van der Waals surface area contributed by atoms with Crippen LogP contribution in [0.3, 0.4) is 0 Å². The maximum atomic E-state index is 4.70. The summed E-state index contributed by atoms with van der Waals surface area (Å²) in [6.07, 6.45) is 0.914. The molecule has 0 radical (unpaired) electrons. The third-order valence-electron chi connectivity index (χ3n) is 3.81. The number of aryl methyl sites for hydroxylation is 1. The average Bonchev–Trinajstić information content (AvgIpc) is 2.40. The molecule has 5 nitrogen and oxygen atoms in total. The van der Waals surface area contributed by atoms with Crippen molar-refractivity contribution in [2.45, 2.75) is 26.3 Å². The molecule has 1 saturated heterocycles. The Balaban J connectivity index is 2.16. The maximum absolute atomic E-state index is 4.70. The average molecular weight is 389 g/mol. The highest BCUT2D eigenvalue weighted by Gasteiger charge is 2.23. The van der Waals surface area contributed by atoms with Gasteiger partial charge in [-0.05, 0) is 50.5 Å². The van der Waals surface area contributed by atoms with Crippen LogP contribution in [-0.4, -0.2) is 66.1 Å². The summed E-state index contributed by atoms with van der Waals surface area (Å²) in [4.78, 5) is 14.2. The lowest BCUT2D eigenvalue weighted by molar-refractivity contribution is 0.113. The fraction of sp³-hybridized carbons (Fsp3) is 0.714. The molecule has 2 heterocycles. The first-order chi connectivity index (χ1) is 9.51. The lowest BCUT2D eigenvalue weighted by Gasteiger charge is -2.37. The molecule has 2 rings (SSSR count). The van der Waals surface area contributed by atoms with Crippen molar-refractivity contribution in [2.24, 2.45) is 0 Å². The number of aromatic nitrogens is 2. The Morgan fingerprint density at radius 3 is 2.75 bits per heavy atom. The van der Waals surface area contributed by atoms with Crippen molar-refractivity contribution in [1.29, 1.82) is 0 Å². The van der Waals surface area contributed by atoms with E-state index in [1.54, 1.807) is 0 Å². The number of nitrogens with one attached hydrogen (secondary N) is 1. The molecule has 0 aromatic carbocycles. The Hall–Kier alpha value is -0.470. The molecule has 1 N–H and O–H groups in total. The van der Waals surface area contributed by atoms with E-state index in [9.17, 15) is 0 Å². The summed E-state index contributed by atoms with van der Waals surface area (Å²) in [5.41, 5.74) is 1.07. The highest BCUT2D eigenvalue weighted by molar-refractivity contribution is 14.1. The summed E-state index contributed by atoms with van der Waals surface area (Å²) in [6.45, 7) is 8.38. The normalized spacial score (nSPS) is 21.1. The van der Waals surface area contributed by atoms with E-state index in [2.05, 4.69) is 70.6 Å². The zero-order valence-corrected chi connectivity index (χ0v) is 14.9. The second-order valence-corrected chi connectivity index (χ2v) is 6.60. The van der Waals surface area contributed by atoms with E-state index < -0.39 is 0 Å². The fourth-order valence-electron chi connectivity index (χ4n) is 2.53. The minimum absolute atomic E-state index is 0.502. The summed E-state index contributed by atoms with van der Waals surface area (Å²) < 4.78 is 1.13. The molecule has 1 aliphatic rings. The van der Waals surface area contributed by atoms with Crippen LogP contribution in [0.25, 0.3) is 0 Å². The molecule has 0 aliphatic carbocycles. The highest BCUT2D eigenvalue weighted by atomic mass is 127. The van der Waals surface area contributed by atoms with E-state index in [4.69, 9.17) is 4.98 Å². The first-order valence-corrected chi connectivity index (χ1v) is 8.24. The van der Waals surface area contributed by atoms with Crippen LogP contribution in [-0.2, 0) is 6.42 Å². The van der Waals surface area contributed by atoms with Crippen LogP contribution >= 0.6 is 22.6 Å². The van der Waals surface area contributed by atoms with Crippen molar-refractivity contribution >= 4 is 28.4 Å². The van der Waals surface area contributed by atoms with Gasteiger partial charge in [-0.15, -0.1) is 0 Å². The topological polar surface area (TPSA) is 44.3 Å². The fourth-order valence-corrected chi connectivity index (χ4v) is 2.96. The molecule has 1 atom stereocenters. The van der Waals surface area contributed by atoms with Crippen molar-refractivity contribution in [3.05, 3.63) is 15.1 Å². The van der Waals surface area contributed by atoms with Gasteiger partial charge < -0.3 is 15.1 Å². The first kappa shape index (κ1) is 15.9. The van der Waals surface area contributed by atoms with Crippen LogP contribution < -0.4 is 5.32 Å². The van der Waals surface area contributed by atoms with E-state index in [0.29, 0.717) is 6.04 Å². The molecule has 1 unspecified atom stereocenters. The molecule has 112 valence electrons. The Kier molecular flexibility index (Phi) is 5.57. The zero-order valence-electron chi connectivity index (χ0n) is 12.8. The van der Waals surface area contributed by atoms with Gasteiger partial charge in [-0.1, -0.05) is 0 Å². The lowest BCUT2D eigenvalue weighted by Crippen LogP contribution is -2.51. The van der Waals surface area contributed by atoms with Crippen molar-refractivity contribution in [3.63, 3.8) is 0 Å². The largest absolute Gasteiger partial charge is 0.369 e. The van der Waals surface area contributed by atoms with Crippen LogP contribution in [0.1, 0.15) is 18.4 Å². The number of halogens is 1. The predicted molar refractivity (Wildman–Crippen MR) is 91.3 cm³/mol. The number of piperazine rings is 1. The second kappa shape index (κ2) is 7.00. The molecule has 1 aliphatic heterocycles. The van der Waals surface area contributed by atoms with Crippen LogP contribution in [0, 0.1) is 10.5 Å². The van der Waals surface area contributed by atoms with Gasteiger partial charge in [0.2, 0.25) is 0 Å². The SMILES string of the molecule is CCNc1nc(CC2CN(C)CCN2C)nc(C)c1I. The minimum Gasteiger partial charge on any atom is -0.369 e. The molecule has 20 heavy (non-hydrogen) atoms. The van der Waals surface area contributed by atoms with Gasteiger partial charge in [0.05, 0.1) is 9.26 Å². The van der Waals surface area contributed by atoms with Crippen molar-refractivity contribution < 1.29 is 0 Å². The Labute approximate surface area is 135 Å². The summed E-state index contributed by atoms with van der Waals surface area (Å²) in [7, 11) is 4.38. The van der Waals surface area contributed by atoms with Gasteiger partial charge >= 0.3 is 0 Å². The maximum Gasteiger partial charge on any atom is 0.143 e. The Bertz CT molecular complexity index is 465. The second-order valence-electron chi connectivity index (χ2n) is 5.52. The first-order valence-electron chi connectivity index (χ1n) is 7.17. The molecule has 0 bridgehead atoms. The molecule has 1 aromatic heterocycles. The van der Waals surface area contributed by atoms with Gasteiger partial charge in [-0.2, -0.15) is 0 Å². The number of hydrogen-bond acceptors (Lipinski definition) is 5. The summed E-state index contributed by atoms with van der Waals surface area (Å²) in [5.74, 6) is 1.92. The Morgan fingerprint density at radius 1 is 1.30 bits per heavy atom. The van der Waals surface area contributed by atoms with E-state index in [-0.39, 0.29) is 0 Å². The van der Waals surface area contributed by atoms with Crippen LogP contribution in [0.15, 0.2) is 0 Å². The minimum atomic E-state index is 0.502. The highest BCUT2D eigenvalue weighted by Crippen LogP contribution is 2.20. The van der Waals surface area contributed by atoms with Crippen molar-refractivity contribution in [2.75, 3.05) is 45.6 Å². The number of likely N-dealkylation sites (N-methyl/N-ethyl adjacent to an activating group) is 2. The van der Waals surface area contributed by atoms with Crippen molar-refractivity contribution in [1.82, 2.24) is 19.8 Å². The van der Waals surface area contributed by atoms with E-state index in [1.807, 2.05) is 0 Å². The Morgan fingerprint density at radius 2 is 2.05 bits per heavy atom. The number of nitrogens with zero attached hydrogens (tertiary/aromatic N) is 4. The summed E-state index contributed by atoms with van der Waals surface area (Å²) >= 11 is 2.32. The standard InChI is InChI=1S/C14H24IN5/c1-5-16-14-13(15)10(2)17-12(18-14)8-11-9-19(3)6-7-20(11)4/h11H,5-9H2,1-4H3,(H,16,17,18). The van der Waals surface area contributed by atoms with Crippen LogP contribution in [0.2, 0.25) is 0 Å². The number of hydrogen-bond donors (Lipinski definition) is 1. The van der Waals surface area contributed by atoms with Gasteiger partial charge in [0.25, 0.3) is 0 Å². The lowest BCUT2D eigenvalue weighted by atomic mass is 10.1. The van der Waals surface area contributed by atoms with Crippen LogP contribution in [0.4, 0.5) is 5.82 Å². The molecule has 0 amide bonds. The predicted octanol–water partition coefficient (Wildman–Crippen LogP) is 1.61. The third-order valence-corrected chi connectivity index (χ3v) is 5.10. The van der Waals surface area contributed by atoms with Crippen molar-refractivity contribution in [3.8, 4) is 0 Å². The number of anilines is 1. The monoisotopic (exact) mass is 389 g/mol. The smallest absolute Gasteiger partial charge is 0.143 e. The third kappa shape index (κ3) is 3.79.